The molecule has 0 aliphatic carbocycles. The van der Waals surface area contributed by atoms with E-state index in [1.165, 1.54) is 19.0 Å². The van der Waals surface area contributed by atoms with Gasteiger partial charge in [-0.2, -0.15) is 4.98 Å². The number of nitrogens with two attached hydrogens (primary N) is 1. The number of anilines is 1. The van der Waals surface area contributed by atoms with Gasteiger partial charge in [-0.3, -0.25) is 14.8 Å². The van der Waals surface area contributed by atoms with Crippen LogP contribution in [0.2, 0.25) is 5.28 Å². The summed E-state index contributed by atoms with van der Waals surface area (Å²) in [4.78, 5) is 33.6. The Labute approximate surface area is 210 Å². The normalized spacial score (nSPS) is 21.0. The van der Waals surface area contributed by atoms with Crippen LogP contribution in [0.1, 0.15) is 20.3 Å². The zero-order valence-corrected chi connectivity index (χ0v) is 21.8. The molecule has 2 atom stereocenters. The Morgan fingerprint density at radius 2 is 2.06 bits per heavy atom. The predicted octanol–water partition coefficient (Wildman–Crippen LogP) is 2.36. The van der Waals surface area contributed by atoms with E-state index in [2.05, 4.69) is 50.8 Å². The van der Waals surface area contributed by atoms with Crippen LogP contribution in [0.5, 0.6) is 0 Å². The highest BCUT2D eigenvalue weighted by Crippen LogP contribution is 2.27. The van der Waals surface area contributed by atoms with Gasteiger partial charge in [-0.15, -0.1) is 0 Å². The first-order valence-corrected chi connectivity index (χ1v) is 12.2. The van der Waals surface area contributed by atoms with Crippen molar-refractivity contribution in [3.63, 3.8) is 0 Å². The number of hydrogen-bond donors (Lipinski definition) is 1. The molecule has 4 rings (SSSR count). The minimum atomic E-state index is -0.816. The Kier molecular flexibility index (Phi) is 6.91. The van der Waals surface area contributed by atoms with Crippen molar-refractivity contribution < 1.29 is 9.18 Å². The zero-order valence-electron chi connectivity index (χ0n) is 19.4. The Morgan fingerprint density at radius 1 is 1.32 bits per heavy atom. The van der Waals surface area contributed by atoms with E-state index in [9.17, 15) is 4.79 Å². The van der Waals surface area contributed by atoms with Gasteiger partial charge in [0.1, 0.15) is 11.5 Å². The summed E-state index contributed by atoms with van der Waals surface area (Å²) in [6, 6.07) is 2.01. The summed E-state index contributed by atoms with van der Waals surface area (Å²) in [6.07, 6.45) is 2.84. The monoisotopic (exact) mass is 549 g/mol. The van der Waals surface area contributed by atoms with Crippen LogP contribution in [-0.2, 0) is 4.79 Å². The molecule has 0 radical (unpaired) electrons. The molecular formula is C23H26BrClFN7O. The highest BCUT2D eigenvalue weighted by atomic mass is 79.9. The lowest BCUT2D eigenvalue weighted by Crippen LogP contribution is -2.38. The average molecular weight is 551 g/mol. The highest BCUT2D eigenvalue weighted by Gasteiger charge is 2.26. The summed E-state index contributed by atoms with van der Waals surface area (Å²) in [6.45, 7) is 5.24. The van der Waals surface area contributed by atoms with Crippen molar-refractivity contribution in [1.82, 2.24) is 14.9 Å². The Balaban J connectivity index is 1.89. The Morgan fingerprint density at radius 3 is 2.76 bits per heavy atom. The minimum Gasteiger partial charge on any atom is -0.392 e. The SMILES string of the molecule is CC1C=c2c(c(Br)cc3nc(Cl)nc(N4CCCN=C(/C(F)=C(\N)C(=O)N(C)C)C4)c23)=NC1C. The smallest absolute Gasteiger partial charge is 0.272 e. The van der Waals surface area contributed by atoms with Gasteiger partial charge in [-0.05, 0) is 52.9 Å². The van der Waals surface area contributed by atoms with Crippen LogP contribution in [-0.4, -0.2) is 66.3 Å². The topological polar surface area (TPSA) is 100 Å². The van der Waals surface area contributed by atoms with Gasteiger partial charge in [0.15, 0.2) is 5.83 Å². The molecule has 2 N–H and O–H groups in total. The van der Waals surface area contributed by atoms with Gasteiger partial charge >= 0.3 is 0 Å². The van der Waals surface area contributed by atoms with Crippen molar-refractivity contribution in [2.75, 3.05) is 38.6 Å². The molecule has 0 bridgehead atoms. The number of likely N-dealkylation sites (N-methyl/N-ethyl adjacent to an activating group) is 1. The molecule has 0 spiro atoms. The van der Waals surface area contributed by atoms with Crippen molar-refractivity contribution in [3.05, 3.63) is 37.9 Å². The molecule has 8 nitrogen and oxygen atoms in total. The molecule has 1 amide bonds. The molecule has 2 aromatic rings. The van der Waals surface area contributed by atoms with Crippen LogP contribution < -0.4 is 21.2 Å². The fourth-order valence-corrected chi connectivity index (χ4v) is 4.78. The van der Waals surface area contributed by atoms with Crippen LogP contribution in [0.15, 0.2) is 32.0 Å². The van der Waals surface area contributed by atoms with Gasteiger partial charge in [0.25, 0.3) is 5.91 Å². The van der Waals surface area contributed by atoms with E-state index in [0.717, 1.165) is 20.4 Å². The van der Waals surface area contributed by atoms with Gasteiger partial charge in [0, 0.05) is 36.9 Å². The lowest BCUT2D eigenvalue weighted by molar-refractivity contribution is -0.124. The maximum atomic E-state index is 15.2. The molecule has 2 aliphatic heterocycles. The molecule has 1 aromatic carbocycles. The summed E-state index contributed by atoms with van der Waals surface area (Å²) in [5.41, 5.74) is 6.13. The fourth-order valence-electron chi connectivity index (χ4n) is 4.08. The third-order valence-corrected chi connectivity index (χ3v) is 6.86. The second-order valence-electron chi connectivity index (χ2n) is 8.76. The van der Waals surface area contributed by atoms with Gasteiger partial charge in [-0.1, -0.05) is 13.0 Å². The lowest BCUT2D eigenvalue weighted by Gasteiger charge is -2.25. The molecule has 0 saturated heterocycles. The number of carbonyl (C=O) groups is 1. The van der Waals surface area contributed by atoms with Crippen molar-refractivity contribution in [2.24, 2.45) is 21.6 Å². The van der Waals surface area contributed by atoms with E-state index < -0.39 is 17.4 Å². The predicted molar refractivity (Wildman–Crippen MR) is 136 cm³/mol. The molecule has 2 aliphatic rings. The molecule has 180 valence electrons. The van der Waals surface area contributed by atoms with Crippen LogP contribution in [0, 0.1) is 5.92 Å². The van der Waals surface area contributed by atoms with Gasteiger partial charge in [-0.25, -0.2) is 9.37 Å². The maximum absolute atomic E-state index is 15.2. The van der Waals surface area contributed by atoms with E-state index in [4.69, 9.17) is 22.3 Å². The average Bonchev–Trinajstić information content (AvgIpc) is 3.04. The zero-order chi connectivity index (χ0) is 24.7. The van der Waals surface area contributed by atoms with E-state index in [1.807, 2.05) is 11.0 Å². The molecule has 3 heterocycles. The lowest BCUT2D eigenvalue weighted by atomic mass is 9.97. The first-order chi connectivity index (χ1) is 16.1. The third-order valence-electron chi connectivity index (χ3n) is 6.08. The standard InChI is InChI=1S/C23H26BrClFN7O/c1-11-8-13-17-15(9-14(24)20(13)29-12(11)2)30-23(25)31-21(17)33-7-5-6-28-16(10-33)18(26)19(27)22(34)32(3)4/h8-9,11-12H,5-7,10,27H2,1-4H3/b19-18+. The number of aliphatic imine (C=N–C) groups is 1. The molecule has 2 unspecified atom stereocenters. The van der Waals surface area contributed by atoms with E-state index in [0.29, 0.717) is 30.8 Å². The third kappa shape index (κ3) is 4.53. The number of rotatable bonds is 3. The number of nitrogens with zero attached hydrogens (tertiary/aromatic N) is 6. The number of amides is 1. The van der Waals surface area contributed by atoms with Crippen molar-refractivity contribution in [2.45, 2.75) is 26.3 Å². The fraction of sp³-hybridized carbons (Fsp3) is 0.435. The Bertz CT molecular complexity index is 1360. The Hall–Kier alpha value is -2.59. The molecular weight excluding hydrogens is 525 g/mol. The first-order valence-electron chi connectivity index (χ1n) is 11.0. The number of fused-ring (bicyclic) bond motifs is 3. The van der Waals surface area contributed by atoms with Crippen molar-refractivity contribution in [3.8, 4) is 0 Å². The van der Waals surface area contributed by atoms with Crippen LogP contribution in [0.3, 0.4) is 0 Å². The summed E-state index contributed by atoms with van der Waals surface area (Å²) >= 11 is 9.94. The molecule has 34 heavy (non-hydrogen) atoms. The molecule has 0 saturated carbocycles. The first kappa shape index (κ1) is 24.5. The van der Waals surface area contributed by atoms with E-state index in [1.54, 1.807) is 0 Å². The second kappa shape index (κ2) is 9.58. The van der Waals surface area contributed by atoms with Gasteiger partial charge in [0.2, 0.25) is 5.28 Å². The van der Waals surface area contributed by atoms with Crippen LogP contribution >= 0.6 is 27.5 Å². The summed E-state index contributed by atoms with van der Waals surface area (Å²) in [5, 5.41) is 2.64. The van der Waals surface area contributed by atoms with Gasteiger partial charge in [0.05, 0.1) is 34.6 Å². The summed E-state index contributed by atoms with van der Waals surface area (Å²) in [7, 11) is 3.03. The number of hydrogen-bond acceptors (Lipinski definition) is 7. The minimum absolute atomic E-state index is 0.0869. The van der Waals surface area contributed by atoms with Crippen molar-refractivity contribution >= 4 is 61.9 Å². The number of benzene rings is 1. The van der Waals surface area contributed by atoms with Crippen LogP contribution in [0.4, 0.5) is 10.2 Å². The summed E-state index contributed by atoms with van der Waals surface area (Å²) in [5.74, 6) is -0.632. The number of carbonyl (C=O) groups excluding carboxylic acids is 1. The van der Waals surface area contributed by atoms with Gasteiger partial charge < -0.3 is 15.5 Å². The molecule has 1 aromatic heterocycles. The second-order valence-corrected chi connectivity index (χ2v) is 9.95. The molecule has 11 heteroatoms. The summed E-state index contributed by atoms with van der Waals surface area (Å²) < 4.78 is 16.1. The number of aromatic nitrogens is 2. The van der Waals surface area contributed by atoms with E-state index in [-0.39, 0.29) is 29.5 Å². The van der Waals surface area contributed by atoms with Crippen LogP contribution in [0.25, 0.3) is 17.0 Å². The quantitative estimate of drug-likeness (QED) is 0.467. The largest absolute Gasteiger partial charge is 0.392 e. The highest BCUT2D eigenvalue weighted by molar-refractivity contribution is 9.10. The maximum Gasteiger partial charge on any atom is 0.272 e. The molecule has 0 fully saturated rings. The number of halogens is 3. The van der Waals surface area contributed by atoms with Crippen molar-refractivity contribution in [1.29, 1.82) is 0 Å². The van der Waals surface area contributed by atoms with E-state index >= 15 is 4.39 Å².